The number of nitrogens with one attached hydrogen (secondary N) is 1. The van der Waals surface area contributed by atoms with E-state index in [2.05, 4.69) is 5.32 Å². The SMILES string of the molecule is CC(=O)N[C@@H](CSSc1ccc(C)cc1)C(=O)O. The molecule has 98 valence electrons. The van der Waals surface area contributed by atoms with Crippen LogP contribution in [0.4, 0.5) is 0 Å². The maximum Gasteiger partial charge on any atom is 0.327 e. The molecule has 0 aliphatic rings. The van der Waals surface area contributed by atoms with Crippen LogP contribution in [0.25, 0.3) is 0 Å². The Morgan fingerprint density at radius 3 is 2.44 bits per heavy atom. The first-order chi connectivity index (χ1) is 8.49. The predicted molar refractivity (Wildman–Crippen MR) is 74.7 cm³/mol. The van der Waals surface area contributed by atoms with Crippen LogP contribution < -0.4 is 5.32 Å². The lowest BCUT2D eigenvalue weighted by Crippen LogP contribution is -2.41. The van der Waals surface area contributed by atoms with E-state index in [0.717, 1.165) is 4.90 Å². The number of carboxylic acids is 1. The van der Waals surface area contributed by atoms with Crippen LogP contribution in [0.1, 0.15) is 12.5 Å². The van der Waals surface area contributed by atoms with Gasteiger partial charge < -0.3 is 10.4 Å². The van der Waals surface area contributed by atoms with Gasteiger partial charge in [0.1, 0.15) is 6.04 Å². The first kappa shape index (κ1) is 14.9. The minimum Gasteiger partial charge on any atom is -0.480 e. The molecule has 0 saturated heterocycles. The number of aryl methyl sites for hydroxylation is 1. The van der Waals surface area contributed by atoms with E-state index in [1.807, 2.05) is 31.2 Å². The van der Waals surface area contributed by atoms with E-state index < -0.39 is 12.0 Å². The fourth-order valence-electron chi connectivity index (χ4n) is 1.18. The second kappa shape index (κ2) is 7.33. The molecule has 0 fully saturated rings. The molecule has 18 heavy (non-hydrogen) atoms. The topological polar surface area (TPSA) is 66.4 Å². The van der Waals surface area contributed by atoms with Gasteiger partial charge in [0.05, 0.1) is 0 Å². The lowest BCUT2D eigenvalue weighted by atomic mass is 10.2. The monoisotopic (exact) mass is 285 g/mol. The molecule has 0 unspecified atom stereocenters. The second-order valence-corrected chi connectivity index (χ2v) is 6.19. The van der Waals surface area contributed by atoms with Gasteiger partial charge in [-0.15, -0.1) is 0 Å². The molecule has 1 aromatic carbocycles. The van der Waals surface area contributed by atoms with Crippen LogP contribution >= 0.6 is 21.6 Å². The van der Waals surface area contributed by atoms with Gasteiger partial charge in [-0.3, -0.25) is 4.79 Å². The van der Waals surface area contributed by atoms with Crippen molar-refractivity contribution < 1.29 is 14.7 Å². The molecule has 6 heteroatoms. The smallest absolute Gasteiger partial charge is 0.327 e. The Balaban J connectivity index is 2.41. The van der Waals surface area contributed by atoms with E-state index >= 15 is 0 Å². The van der Waals surface area contributed by atoms with Gasteiger partial charge >= 0.3 is 5.97 Å². The number of carbonyl (C=O) groups is 2. The van der Waals surface area contributed by atoms with E-state index in [4.69, 9.17) is 5.11 Å². The number of amides is 1. The van der Waals surface area contributed by atoms with E-state index in [1.54, 1.807) is 0 Å². The third-order valence-corrected chi connectivity index (χ3v) is 4.48. The third kappa shape index (κ3) is 5.46. The van der Waals surface area contributed by atoms with Crippen molar-refractivity contribution in [3.05, 3.63) is 29.8 Å². The number of benzene rings is 1. The summed E-state index contributed by atoms with van der Waals surface area (Å²) in [6.45, 7) is 3.33. The minimum absolute atomic E-state index is 0.327. The zero-order valence-electron chi connectivity index (χ0n) is 10.2. The quantitative estimate of drug-likeness (QED) is 0.785. The fourth-order valence-corrected chi connectivity index (χ4v) is 3.35. The molecule has 0 saturated carbocycles. The largest absolute Gasteiger partial charge is 0.480 e. The summed E-state index contributed by atoms with van der Waals surface area (Å²) in [4.78, 5) is 22.8. The maximum absolute atomic E-state index is 10.9. The number of aliphatic carboxylic acids is 1. The van der Waals surface area contributed by atoms with Crippen molar-refractivity contribution >= 4 is 33.5 Å². The number of rotatable bonds is 6. The van der Waals surface area contributed by atoms with Gasteiger partial charge in [-0.2, -0.15) is 0 Å². The summed E-state index contributed by atoms with van der Waals surface area (Å²) in [6, 6.07) is 7.14. The molecule has 4 nitrogen and oxygen atoms in total. The Bertz CT molecular complexity index is 420. The van der Waals surface area contributed by atoms with Crippen LogP contribution in [-0.2, 0) is 9.59 Å². The number of hydrogen-bond acceptors (Lipinski definition) is 4. The Morgan fingerprint density at radius 2 is 1.94 bits per heavy atom. The Kier molecular flexibility index (Phi) is 6.07. The summed E-state index contributed by atoms with van der Waals surface area (Å²) < 4.78 is 0. The van der Waals surface area contributed by atoms with Crippen molar-refractivity contribution in [2.75, 3.05) is 5.75 Å². The van der Waals surface area contributed by atoms with Gasteiger partial charge in [0, 0.05) is 17.6 Å². The van der Waals surface area contributed by atoms with E-state index in [1.165, 1.54) is 34.1 Å². The Labute approximate surface area is 114 Å². The zero-order chi connectivity index (χ0) is 13.5. The van der Waals surface area contributed by atoms with E-state index in [-0.39, 0.29) is 5.91 Å². The highest BCUT2D eigenvalue weighted by atomic mass is 33.1. The normalized spacial score (nSPS) is 11.9. The lowest BCUT2D eigenvalue weighted by molar-refractivity contribution is -0.140. The molecule has 2 N–H and O–H groups in total. The number of carboxylic acid groups (broad SMARTS) is 1. The maximum atomic E-state index is 10.9. The third-order valence-electron chi connectivity index (χ3n) is 2.09. The molecule has 1 rings (SSSR count). The first-order valence-corrected chi connectivity index (χ1v) is 7.67. The second-order valence-electron chi connectivity index (χ2n) is 3.77. The molecule has 0 radical (unpaired) electrons. The van der Waals surface area contributed by atoms with Crippen molar-refractivity contribution in [2.24, 2.45) is 0 Å². The fraction of sp³-hybridized carbons (Fsp3) is 0.333. The molecular weight excluding hydrogens is 270 g/mol. The molecule has 0 aliphatic carbocycles. The zero-order valence-corrected chi connectivity index (χ0v) is 11.8. The van der Waals surface area contributed by atoms with Gasteiger partial charge in [-0.1, -0.05) is 39.3 Å². The van der Waals surface area contributed by atoms with Crippen LogP contribution in [-0.4, -0.2) is 28.8 Å². The van der Waals surface area contributed by atoms with Crippen molar-refractivity contribution in [1.82, 2.24) is 5.32 Å². The van der Waals surface area contributed by atoms with Crippen molar-refractivity contribution in [3.8, 4) is 0 Å². The van der Waals surface area contributed by atoms with Gasteiger partial charge in [-0.05, 0) is 19.1 Å². The molecule has 1 atom stereocenters. The molecular formula is C12H15NO3S2. The number of hydrogen-bond donors (Lipinski definition) is 2. The van der Waals surface area contributed by atoms with Crippen LogP contribution in [0.2, 0.25) is 0 Å². The van der Waals surface area contributed by atoms with Gasteiger partial charge in [-0.25, -0.2) is 4.79 Å². The summed E-state index contributed by atoms with van der Waals surface area (Å²) in [7, 11) is 2.92. The molecule has 0 aromatic heterocycles. The van der Waals surface area contributed by atoms with Crippen LogP contribution in [0.3, 0.4) is 0 Å². The van der Waals surface area contributed by atoms with Crippen molar-refractivity contribution in [1.29, 1.82) is 0 Å². The van der Waals surface area contributed by atoms with Gasteiger partial charge in [0.25, 0.3) is 0 Å². The highest BCUT2D eigenvalue weighted by molar-refractivity contribution is 8.76. The molecule has 1 aromatic rings. The predicted octanol–water partition coefficient (Wildman–Crippen LogP) is 2.32. The standard InChI is InChI=1S/C12H15NO3S2/c1-8-3-5-10(6-4-8)18-17-7-11(12(15)16)13-9(2)14/h3-6,11H,7H2,1-2H3,(H,13,14)(H,15,16)/t11-/m0/s1. The highest BCUT2D eigenvalue weighted by Crippen LogP contribution is 2.31. The van der Waals surface area contributed by atoms with Crippen LogP contribution in [0.5, 0.6) is 0 Å². The molecule has 0 spiro atoms. The van der Waals surface area contributed by atoms with Gasteiger partial charge in [0.15, 0.2) is 0 Å². The number of carbonyl (C=O) groups excluding carboxylic acids is 1. The van der Waals surface area contributed by atoms with Crippen molar-refractivity contribution in [2.45, 2.75) is 24.8 Å². The minimum atomic E-state index is -1.01. The molecule has 1 amide bonds. The molecule has 0 aliphatic heterocycles. The van der Waals surface area contributed by atoms with Crippen LogP contribution in [0.15, 0.2) is 29.2 Å². The Morgan fingerprint density at radius 1 is 1.33 bits per heavy atom. The van der Waals surface area contributed by atoms with Crippen LogP contribution in [0, 0.1) is 6.92 Å². The summed E-state index contributed by atoms with van der Waals surface area (Å²) in [5, 5.41) is 11.3. The summed E-state index contributed by atoms with van der Waals surface area (Å²) in [5.74, 6) is -1.02. The molecule has 0 bridgehead atoms. The average Bonchev–Trinajstić information content (AvgIpc) is 2.29. The van der Waals surface area contributed by atoms with E-state index in [0.29, 0.717) is 5.75 Å². The summed E-state index contributed by atoms with van der Waals surface area (Å²) >= 11 is 0. The lowest BCUT2D eigenvalue weighted by Gasteiger charge is -2.12. The first-order valence-electron chi connectivity index (χ1n) is 5.35. The Hall–Kier alpha value is -1.14. The summed E-state index contributed by atoms with van der Waals surface area (Å²) in [6.07, 6.45) is 0. The van der Waals surface area contributed by atoms with Crippen molar-refractivity contribution in [3.63, 3.8) is 0 Å². The van der Waals surface area contributed by atoms with E-state index in [9.17, 15) is 9.59 Å². The molecule has 0 heterocycles. The van der Waals surface area contributed by atoms with Gasteiger partial charge in [0.2, 0.25) is 5.91 Å². The average molecular weight is 285 g/mol. The highest BCUT2D eigenvalue weighted by Gasteiger charge is 2.18. The summed E-state index contributed by atoms with van der Waals surface area (Å²) in [5.41, 5.74) is 1.19.